The van der Waals surface area contributed by atoms with Gasteiger partial charge in [0.2, 0.25) is 0 Å². The van der Waals surface area contributed by atoms with Gasteiger partial charge in [-0.2, -0.15) is 0 Å². The second kappa shape index (κ2) is 8.25. The molecule has 0 aliphatic rings. The van der Waals surface area contributed by atoms with E-state index in [1.54, 1.807) is 0 Å². The minimum Gasteiger partial charge on any atom is -0.204 e. The van der Waals surface area contributed by atoms with Crippen LogP contribution in [-0.2, 0) is 0 Å². The van der Waals surface area contributed by atoms with Gasteiger partial charge in [0.25, 0.3) is 0 Å². The van der Waals surface area contributed by atoms with Crippen LogP contribution in [0.3, 0.4) is 0 Å². The molecule has 0 aliphatic heterocycles. The molecule has 5 aromatic carbocycles. The fourth-order valence-corrected chi connectivity index (χ4v) is 4.29. The minimum absolute atomic E-state index is 0.153. The Balaban J connectivity index is 2.11. The number of halogens is 10. The predicted octanol–water partition coefficient (Wildman–Crippen LogP) is 8.72. The first-order valence-corrected chi connectivity index (χ1v) is 10.0. The molecule has 0 aliphatic carbocycles. The Hall–Kier alpha value is -4.08. The first-order valence-electron chi connectivity index (χ1n) is 10.0. The summed E-state index contributed by atoms with van der Waals surface area (Å²) in [6.45, 7) is 0. The maximum absolute atomic E-state index is 15.3. The Morgan fingerprint density at radius 1 is 0.361 bits per heavy atom. The molecule has 0 nitrogen and oxygen atoms in total. The van der Waals surface area contributed by atoms with Crippen LogP contribution >= 0.6 is 0 Å². The molecule has 5 rings (SSSR count). The fraction of sp³-hybridized carbons (Fsp3) is 0. The number of fused-ring (bicyclic) bond motifs is 2. The quantitative estimate of drug-likeness (QED) is 0.0965. The zero-order valence-electron chi connectivity index (χ0n) is 17.4. The van der Waals surface area contributed by atoms with Crippen LogP contribution in [0, 0.1) is 58.2 Å². The van der Waals surface area contributed by atoms with Gasteiger partial charge >= 0.3 is 0 Å². The topological polar surface area (TPSA) is 0 Å². The third-order valence-electron chi connectivity index (χ3n) is 5.78. The number of benzene rings is 5. The average molecular weight is 510 g/mol. The zero-order chi connectivity index (χ0) is 26.0. The molecule has 0 unspecified atom stereocenters. The summed E-state index contributed by atoms with van der Waals surface area (Å²) in [7, 11) is 0. The summed E-state index contributed by atoms with van der Waals surface area (Å²) in [6, 6.07) is 6.90. The molecule has 36 heavy (non-hydrogen) atoms. The van der Waals surface area contributed by atoms with Crippen LogP contribution in [0.2, 0.25) is 0 Å². The lowest BCUT2D eigenvalue weighted by Crippen LogP contribution is -2.03. The van der Waals surface area contributed by atoms with Gasteiger partial charge in [-0.15, -0.1) is 0 Å². The normalized spacial score (nSPS) is 11.6. The molecule has 0 bridgehead atoms. The van der Waals surface area contributed by atoms with Gasteiger partial charge in [-0.3, -0.25) is 0 Å². The van der Waals surface area contributed by atoms with Crippen molar-refractivity contribution in [3.63, 3.8) is 0 Å². The van der Waals surface area contributed by atoms with Gasteiger partial charge in [0.1, 0.15) is 0 Å². The highest BCUT2D eigenvalue weighted by Crippen LogP contribution is 2.47. The van der Waals surface area contributed by atoms with E-state index in [0.29, 0.717) is 24.3 Å². The van der Waals surface area contributed by atoms with Crippen LogP contribution in [0.15, 0.2) is 48.5 Å². The first kappa shape index (κ1) is 23.7. The SMILES string of the molecule is Fc1cc(-c2c3ccccc3c(-c3cc(F)c(F)c(F)c3)c3c(F)c(F)c(F)c(F)c23)cc(F)c1F. The standard InChI is InChI=1S/C26H8F10/c27-13-5-9(6-14(28)21(13)31)17-11-3-1-2-4-12(11)18(10-7-15(29)22(32)16(30)8-10)20-19(17)23(33)25(35)26(36)24(20)34/h1-8H. The molecule has 0 saturated heterocycles. The van der Waals surface area contributed by atoms with Gasteiger partial charge in [0.05, 0.1) is 0 Å². The Bertz CT molecular complexity index is 1570. The maximum Gasteiger partial charge on any atom is 0.198 e. The van der Waals surface area contributed by atoms with E-state index < -0.39 is 91.2 Å². The van der Waals surface area contributed by atoms with Crippen LogP contribution < -0.4 is 0 Å². The lowest BCUT2D eigenvalue weighted by Gasteiger charge is -2.19. The van der Waals surface area contributed by atoms with Gasteiger partial charge in [0, 0.05) is 21.9 Å². The second-order valence-corrected chi connectivity index (χ2v) is 7.81. The van der Waals surface area contributed by atoms with Crippen molar-refractivity contribution in [3.8, 4) is 22.3 Å². The Kier molecular flexibility index (Phi) is 5.42. The summed E-state index contributed by atoms with van der Waals surface area (Å²) in [5.41, 5.74) is -2.25. The van der Waals surface area contributed by atoms with E-state index in [1.807, 2.05) is 0 Å². The molecule has 0 N–H and O–H groups in total. The molecule has 0 aromatic heterocycles. The zero-order valence-corrected chi connectivity index (χ0v) is 17.4. The highest BCUT2D eigenvalue weighted by molar-refractivity contribution is 6.21. The number of rotatable bonds is 2. The smallest absolute Gasteiger partial charge is 0.198 e. The summed E-state index contributed by atoms with van der Waals surface area (Å²) < 4.78 is 143. The first-order chi connectivity index (χ1) is 17.0. The summed E-state index contributed by atoms with van der Waals surface area (Å²) >= 11 is 0. The van der Waals surface area contributed by atoms with Crippen molar-refractivity contribution in [3.05, 3.63) is 107 Å². The maximum atomic E-state index is 15.3. The molecular formula is C26H8F10. The molecule has 0 saturated carbocycles. The van der Waals surface area contributed by atoms with Crippen molar-refractivity contribution in [2.75, 3.05) is 0 Å². The third kappa shape index (κ3) is 3.31. The largest absolute Gasteiger partial charge is 0.204 e. The molecule has 0 atom stereocenters. The van der Waals surface area contributed by atoms with Gasteiger partial charge in [-0.1, -0.05) is 24.3 Å². The summed E-state index contributed by atoms with van der Waals surface area (Å²) in [5.74, 6) is -19.1. The monoisotopic (exact) mass is 510 g/mol. The van der Waals surface area contributed by atoms with Crippen LogP contribution in [0.25, 0.3) is 43.8 Å². The van der Waals surface area contributed by atoms with E-state index in [2.05, 4.69) is 0 Å². The highest BCUT2D eigenvalue weighted by atomic mass is 19.2. The average Bonchev–Trinajstić information content (AvgIpc) is 2.85. The van der Waals surface area contributed by atoms with Crippen LogP contribution in [-0.4, -0.2) is 0 Å². The van der Waals surface area contributed by atoms with Crippen LogP contribution in [0.5, 0.6) is 0 Å². The minimum atomic E-state index is -2.28. The number of hydrogen-bond donors (Lipinski definition) is 0. The highest BCUT2D eigenvalue weighted by Gasteiger charge is 2.29. The van der Waals surface area contributed by atoms with Crippen molar-refractivity contribution in [2.45, 2.75) is 0 Å². The summed E-state index contributed by atoms with van der Waals surface area (Å²) in [5, 5.41) is -2.40. The molecule has 0 spiro atoms. The van der Waals surface area contributed by atoms with Crippen molar-refractivity contribution < 1.29 is 43.9 Å². The molecule has 0 amide bonds. The van der Waals surface area contributed by atoms with E-state index >= 15 is 8.78 Å². The van der Waals surface area contributed by atoms with Crippen molar-refractivity contribution >= 4 is 21.5 Å². The van der Waals surface area contributed by atoms with E-state index in [1.165, 1.54) is 24.3 Å². The van der Waals surface area contributed by atoms with Crippen molar-refractivity contribution in [1.82, 2.24) is 0 Å². The van der Waals surface area contributed by atoms with Crippen LogP contribution in [0.1, 0.15) is 0 Å². The molecule has 0 fully saturated rings. The van der Waals surface area contributed by atoms with Gasteiger partial charge in [-0.25, -0.2) is 43.9 Å². The lowest BCUT2D eigenvalue weighted by molar-refractivity contribution is 0.418. The fourth-order valence-electron chi connectivity index (χ4n) is 4.29. The second-order valence-electron chi connectivity index (χ2n) is 7.81. The summed E-state index contributed by atoms with van der Waals surface area (Å²) in [6.07, 6.45) is 0. The number of hydrogen-bond acceptors (Lipinski definition) is 0. The van der Waals surface area contributed by atoms with E-state index in [-0.39, 0.29) is 10.8 Å². The molecule has 5 aromatic rings. The Morgan fingerprint density at radius 3 is 0.972 bits per heavy atom. The molecule has 0 radical (unpaired) electrons. The summed E-state index contributed by atoms with van der Waals surface area (Å²) in [4.78, 5) is 0. The Labute approximate surface area is 195 Å². The van der Waals surface area contributed by atoms with Gasteiger partial charge in [0.15, 0.2) is 58.2 Å². The molecule has 182 valence electrons. The molecule has 10 heteroatoms. The van der Waals surface area contributed by atoms with E-state index in [4.69, 9.17) is 0 Å². The Morgan fingerprint density at radius 2 is 0.667 bits per heavy atom. The van der Waals surface area contributed by atoms with E-state index in [0.717, 1.165) is 0 Å². The molecular weight excluding hydrogens is 502 g/mol. The predicted molar refractivity (Wildman–Crippen MR) is 112 cm³/mol. The third-order valence-corrected chi connectivity index (χ3v) is 5.78. The van der Waals surface area contributed by atoms with Gasteiger partial charge < -0.3 is 0 Å². The van der Waals surface area contributed by atoms with E-state index in [9.17, 15) is 35.1 Å². The van der Waals surface area contributed by atoms with Crippen molar-refractivity contribution in [1.29, 1.82) is 0 Å². The molecule has 0 heterocycles. The lowest BCUT2D eigenvalue weighted by atomic mass is 9.85. The van der Waals surface area contributed by atoms with Crippen LogP contribution in [0.4, 0.5) is 43.9 Å². The van der Waals surface area contributed by atoms with Crippen molar-refractivity contribution in [2.24, 2.45) is 0 Å². The van der Waals surface area contributed by atoms with Gasteiger partial charge in [-0.05, 0) is 46.2 Å².